The van der Waals surface area contributed by atoms with Crippen LogP contribution in [-0.4, -0.2) is 86.8 Å². The number of carbonyl (C=O) groups is 4. The zero-order valence-electron chi connectivity index (χ0n) is 21.9. The smallest absolute Gasteiger partial charge is 0.352 e. The number of rotatable bonds is 10. The quantitative estimate of drug-likeness (QED) is 0.134. The summed E-state index contributed by atoms with van der Waals surface area (Å²) in [5.41, 5.74) is 5.98. The van der Waals surface area contributed by atoms with Crippen molar-refractivity contribution in [2.24, 2.45) is 7.05 Å². The van der Waals surface area contributed by atoms with Gasteiger partial charge in [0, 0.05) is 24.6 Å². The summed E-state index contributed by atoms with van der Waals surface area (Å²) >= 11 is 2.57. The van der Waals surface area contributed by atoms with E-state index in [2.05, 4.69) is 36.1 Å². The van der Waals surface area contributed by atoms with E-state index in [-0.39, 0.29) is 29.5 Å². The van der Waals surface area contributed by atoms with Crippen molar-refractivity contribution >= 4 is 53.2 Å². The summed E-state index contributed by atoms with van der Waals surface area (Å²) < 4.78 is 1.46. The van der Waals surface area contributed by atoms with Gasteiger partial charge in [-0.3, -0.25) is 29.1 Å². The monoisotopic (exact) mass is 612 g/mol. The second kappa shape index (κ2) is 12.0. The SMILES string of the molecule is Cn1nnnc1SCC1=C(C(=O)O)N2C(=O)C(NC(=O)C(NC(=O)Cc3cc(=O)[nH]c(N)n3)c3ccccc3)[C@H]2SC1. The number of nitrogen functional groups attached to an aromatic ring is 1. The van der Waals surface area contributed by atoms with E-state index >= 15 is 0 Å². The molecular formula is C24H24N10O6S2. The Morgan fingerprint density at radius 3 is 2.69 bits per heavy atom. The fourth-order valence-corrected chi connectivity index (χ4v) is 6.80. The van der Waals surface area contributed by atoms with E-state index in [1.807, 2.05) is 0 Å². The number of carboxylic acid groups (broad SMARTS) is 1. The zero-order valence-corrected chi connectivity index (χ0v) is 23.5. The Bertz CT molecular complexity index is 1640. The molecule has 2 aliphatic rings. The summed E-state index contributed by atoms with van der Waals surface area (Å²) in [5, 5.41) is 26.3. The molecule has 18 heteroatoms. The first-order chi connectivity index (χ1) is 20.1. The number of nitrogens with one attached hydrogen (secondary N) is 3. The highest BCUT2D eigenvalue weighted by Crippen LogP contribution is 2.41. The molecule has 1 aromatic carbocycles. The van der Waals surface area contributed by atoms with E-state index in [1.165, 1.54) is 33.1 Å². The number of nitrogens with two attached hydrogens (primary N) is 1. The maximum Gasteiger partial charge on any atom is 0.352 e. The number of anilines is 1. The van der Waals surface area contributed by atoms with E-state index in [9.17, 15) is 29.1 Å². The first kappa shape index (κ1) is 28.8. The molecule has 1 saturated heterocycles. The molecule has 2 aromatic heterocycles. The Balaban J connectivity index is 1.30. The molecule has 16 nitrogen and oxygen atoms in total. The summed E-state index contributed by atoms with van der Waals surface area (Å²) in [5.74, 6) is -2.69. The number of H-pyrrole nitrogens is 1. The van der Waals surface area contributed by atoms with Crippen molar-refractivity contribution in [3.8, 4) is 0 Å². The van der Waals surface area contributed by atoms with Crippen molar-refractivity contribution in [1.82, 2.24) is 45.7 Å². The maximum atomic E-state index is 13.5. The number of nitrogens with zero attached hydrogens (tertiary/aromatic N) is 6. The normalized spacial score (nSPS) is 18.6. The van der Waals surface area contributed by atoms with Crippen LogP contribution in [0.15, 0.2) is 57.6 Å². The average Bonchev–Trinajstić information content (AvgIpc) is 3.36. The van der Waals surface area contributed by atoms with Crippen LogP contribution in [0.5, 0.6) is 0 Å². The van der Waals surface area contributed by atoms with Crippen LogP contribution in [0.1, 0.15) is 17.3 Å². The van der Waals surface area contributed by atoms with Gasteiger partial charge in [-0.2, -0.15) is 0 Å². The number of carbonyl (C=O) groups excluding carboxylic acids is 3. The minimum atomic E-state index is -1.26. The van der Waals surface area contributed by atoms with Gasteiger partial charge >= 0.3 is 5.97 Å². The molecule has 3 aromatic rings. The number of tetrazole rings is 1. The van der Waals surface area contributed by atoms with Crippen molar-refractivity contribution in [2.45, 2.75) is 29.0 Å². The van der Waals surface area contributed by atoms with Crippen LogP contribution in [0, 0.1) is 0 Å². The van der Waals surface area contributed by atoms with E-state index in [1.54, 1.807) is 37.4 Å². The predicted octanol–water partition coefficient (Wildman–Crippen LogP) is -1.19. The van der Waals surface area contributed by atoms with Gasteiger partial charge in [-0.05, 0) is 21.6 Å². The molecule has 4 heterocycles. The molecule has 0 spiro atoms. The minimum absolute atomic E-state index is 0.113. The number of thioether (sulfide) groups is 2. The molecule has 2 aliphatic heterocycles. The van der Waals surface area contributed by atoms with Crippen LogP contribution < -0.4 is 21.9 Å². The van der Waals surface area contributed by atoms with Crippen molar-refractivity contribution in [2.75, 3.05) is 17.2 Å². The van der Waals surface area contributed by atoms with Gasteiger partial charge in [0.05, 0.1) is 12.1 Å². The number of aliphatic carboxylic acids is 1. The molecule has 3 atom stereocenters. The third-order valence-electron chi connectivity index (χ3n) is 6.36. The number of aryl methyl sites for hydroxylation is 1. The van der Waals surface area contributed by atoms with Crippen molar-refractivity contribution < 1.29 is 24.3 Å². The lowest BCUT2D eigenvalue weighted by atomic mass is 10.0. The molecule has 218 valence electrons. The number of aromatic nitrogens is 6. The van der Waals surface area contributed by atoms with Gasteiger partial charge in [0.1, 0.15) is 23.2 Å². The number of aromatic amines is 1. The third kappa shape index (κ3) is 5.98. The van der Waals surface area contributed by atoms with Crippen molar-refractivity contribution in [1.29, 1.82) is 0 Å². The fraction of sp³-hybridized carbons (Fsp3) is 0.292. The van der Waals surface area contributed by atoms with Crippen LogP contribution in [0.2, 0.25) is 0 Å². The number of hydrogen-bond donors (Lipinski definition) is 5. The summed E-state index contributed by atoms with van der Waals surface area (Å²) in [4.78, 5) is 70.7. The van der Waals surface area contributed by atoms with E-state index in [4.69, 9.17) is 5.73 Å². The van der Waals surface area contributed by atoms with Gasteiger partial charge in [-0.15, -0.1) is 16.9 Å². The lowest BCUT2D eigenvalue weighted by Crippen LogP contribution is -2.71. The van der Waals surface area contributed by atoms with Crippen LogP contribution in [0.3, 0.4) is 0 Å². The molecule has 1 fully saturated rings. The number of amides is 3. The highest BCUT2D eigenvalue weighted by molar-refractivity contribution is 8.01. The highest BCUT2D eigenvalue weighted by atomic mass is 32.2. The van der Waals surface area contributed by atoms with E-state index in [0.717, 1.165) is 6.07 Å². The standard InChI is InChI=1S/C24H24N10O6S2/c1-33-24(30-31-32-33)42-10-12-9-41-21-17(20(38)34(21)18(12)22(39)40)29-19(37)16(11-5-3-2-4-6-11)27-14(35)7-13-8-15(36)28-23(25)26-13/h2-6,8,16-17,21H,7,9-10H2,1H3,(H,27,35)(H,29,37)(H,39,40)(H3,25,26,28,36)/t16?,17?,21-/m1/s1. The lowest BCUT2D eigenvalue weighted by molar-refractivity contribution is -0.151. The molecule has 3 amide bonds. The van der Waals surface area contributed by atoms with Gasteiger partial charge in [0.2, 0.25) is 22.9 Å². The van der Waals surface area contributed by atoms with Crippen LogP contribution in [0.25, 0.3) is 0 Å². The second-order valence-electron chi connectivity index (χ2n) is 9.24. The molecule has 0 radical (unpaired) electrons. The molecule has 42 heavy (non-hydrogen) atoms. The molecule has 2 unspecified atom stereocenters. The van der Waals surface area contributed by atoms with Crippen molar-refractivity contribution in [3.05, 3.63) is 69.3 Å². The van der Waals surface area contributed by atoms with Gasteiger partial charge in [0.15, 0.2) is 0 Å². The van der Waals surface area contributed by atoms with E-state index < -0.39 is 46.7 Å². The first-order valence-electron chi connectivity index (χ1n) is 12.4. The van der Waals surface area contributed by atoms with Crippen LogP contribution in [0.4, 0.5) is 5.95 Å². The summed E-state index contributed by atoms with van der Waals surface area (Å²) in [7, 11) is 1.66. The van der Waals surface area contributed by atoms with Gasteiger partial charge in [0.25, 0.3) is 11.5 Å². The topological polar surface area (TPSA) is 231 Å². The Morgan fingerprint density at radius 2 is 2.02 bits per heavy atom. The fourth-order valence-electron chi connectivity index (χ4n) is 4.47. The number of carboxylic acids is 1. The number of hydrogen-bond acceptors (Lipinski definition) is 12. The first-order valence-corrected chi connectivity index (χ1v) is 14.4. The summed E-state index contributed by atoms with van der Waals surface area (Å²) in [6.07, 6.45) is -0.322. The molecular weight excluding hydrogens is 588 g/mol. The Morgan fingerprint density at radius 1 is 1.26 bits per heavy atom. The lowest BCUT2D eigenvalue weighted by Gasteiger charge is -2.49. The predicted molar refractivity (Wildman–Crippen MR) is 150 cm³/mol. The average molecular weight is 613 g/mol. The summed E-state index contributed by atoms with van der Waals surface area (Å²) in [6.45, 7) is 0. The molecule has 6 N–H and O–H groups in total. The largest absolute Gasteiger partial charge is 0.477 e. The molecule has 0 bridgehead atoms. The molecule has 0 saturated carbocycles. The maximum absolute atomic E-state index is 13.5. The van der Waals surface area contributed by atoms with Crippen LogP contribution in [-0.2, 0) is 32.6 Å². The molecule has 5 rings (SSSR count). The Hall–Kier alpha value is -4.71. The van der Waals surface area contributed by atoms with Gasteiger partial charge < -0.3 is 21.5 Å². The van der Waals surface area contributed by atoms with Crippen LogP contribution >= 0.6 is 23.5 Å². The number of fused-ring (bicyclic) bond motifs is 1. The molecule has 0 aliphatic carbocycles. The Labute approximate surface area is 245 Å². The number of benzene rings is 1. The van der Waals surface area contributed by atoms with Gasteiger partial charge in [-0.1, -0.05) is 42.1 Å². The van der Waals surface area contributed by atoms with Gasteiger partial charge in [-0.25, -0.2) is 14.5 Å². The zero-order chi connectivity index (χ0) is 30.0. The van der Waals surface area contributed by atoms with Crippen molar-refractivity contribution in [3.63, 3.8) is 0 Å². The van der Waals surface area contributed by atoms with E-state index in [0.29, 0.717) is 22.0 Å². The third-order valence-corrected chi connectivity index (χ3v) is 8.80. The Kier molecular flexibility index (Phi) is 8.25. The number of β-lactam (4-membered cyclic amide) rings is 1. The highest BCUT2D eigenvalue weighted by Gasteiger charge is 2.54. The second-order valence-corrected chi connectivity index (χ2v) is 11.3. The summed E-state index contributed by atoms with van der Waals surface area (Å²) in [6, 6.07) is 7.33. The minimum Gasteiger partial charge on any atom is -0.477 e.